The van der Waals surface area contributed by atoms with Crippen LogP contribution in [0.25, 0.3) is 0 Å². The third-order valence-electron chi connectivity index (χ3n) is 2.71. The highest BCUT2D eigenvalue weighted by atomic mass is 19.1. The molecule has 1 N–H and O–H groups in total. The Morgan fingerprint density at radius 1 is 1.50 bits per heavy atom. The lowest BCUT2D eigenvalue weighted by Crippen LogP contribution is -2.29. The van der Waals surface area contributed by atoms with Gasteiger partial charge in [0.25, 0.3) is 0 Å². The standard InChI is InChI=1S/C13H18FNO3/c1-15(13(17)6-8-16)7-5-10-9-11(14)3-4-12(10)18-2/h3-4,9,16H,5-8H2,1-2H3. The molecule has 5 heteroatoms. The van der Waals surface area contributed by atoms with Crippen LogP contribution in [0.4, 0.5) is 4.39 Å². The van der Waals surface area contributed by atoms with Gasteiger partial charge in [0.2, 0.25) is 5.91 Å². The maximum absolute atomic E-state index is 13.1. The average molecular weight is 255 g/mol. The Hall–Kier alpha value is -1.62. The molecule has 0 heterocycles. The second kappa shape index (κ2) is 6.96. The molecule has 1 aromatic carbocycles. The minimum absolute atomic E-state index is 0.108. The first-order valence-corrected chi connectivity index (χ1v) is 5.75. The quantitative estimate of drug-likeness (QED) is 0.831. The van der Waals surface area contributed by atoms with Gasteiger partial charge in [0.15, 0.2) is 0 Å². The van der Waals surface area contributed by atoms with Gasteiger partial charge in [0.1, 0.15) is 11.6 Å². The minimum atomic E-state index is -0.324. The van der Waals surface area contributed by atoms with Crippen LogP contribution >= 0.6 is 0 Å². The van der Waals surface area contributed by atoms with E-state index in [0.29, 0.717) is 18.7 Å². The zero-order valence-corrected chi connectivity index (χ0v) is 10.6. The molecule has 0 aliphatic carbocycles. The first-order chi connectivity index (χ1) is 8.58. The Kier molecular flexibility index (Phi) is 5.58. The molecule has 0 unspecified atom stereocenters. The Morgan fingerprint density at radius 2 is 2.22 bits per heavy atom. The fourth-order valence-corrected chi connectivity index (χ4v) is 1.64. The van der Waals surface area contributed by atoms with Crippen LogP contribution in [0.15, 0.2) is 18.2 Å². The van der Waals surface area contributed by atoms with Crippen molar-refractivity contribution < 1.29 is 19.0 Å². The molecule has 100 valence electrons. The average Bonchev–Trinajstić information content (AvgIpc) is 2.36. The van der Waals surface area contributed by atoms with Crippen LogP contribution in [0, 0.1) is 5.82 Å². The normalized spacial score (nSPS) is 10.2. The highest BCUT2D eigenvalue weighted by Crippen LogP contribution is 2.19. The summed E-state index contributed by atoms with van der Waals surface area (Å²) in [6.07, 6.45) is 0.616. The topological polar surface area (TPSA) is 49.8 Å². The molecular weight excluding hydrogens is 237 g/mol. The van der Waals surface area contributed by atoms with Gasteiger partial charge in [-0.1, -0.05) is 0 Å². The maximum atomic E-state index is 13.1. The van der Waals surface area contributed by atoms with Crippen molar-refractivity contribution in [2.75, 3.05) is 27.3 Å². The summed E-state index contributed by atoms with van der Waals surface area (Å²) in [6.45, 7) is 0.297. The predicted octanol–water partition coefficient (Wildman–Crippen LogP) is 1.22. The van der Waals surface area contributed by atoms with Crippen molar-refractivity contribution >= 4 is 5.91 Å². The molecule has 0 atom stereocenters. The van der Waals surface area contributed by atoms with Gasteiger partial charge in [0.05, 0.1) is 13.7 Å². The van der Waals surface area contributed by atoms with E-state index in [0.717, 1.165) is 5.56 Å². The highest BCUT2D eigenvalue weighted by molar-refractivity contribution is 5.75. The van der Waals surface area contributed by atoms with E-state index in [1.54, 1.807) is 13.1 Å². The number of nitrogens with zero attached hydrogens (tertiary/aromatic N) is 1. The van der Waals surface area contributed by atoms with Gasteiger partial charge >= 0.3 is 0 Å². The van der Waals surface area contributed by atoms with E-state index in [2.05, 4.69) is 0 Å². The number of methoxy groups -OCH3 is 1. The summed E-state index contributed by atoms with van der Waals surface area (Å²) >= 11 is 0. The predicted molar refractivity (Wildman–Crippen MR) is 66.0 cm³/mol. The molecule has 0 spiro atoms. The Bertz CT molecular complexity index is 409. The largest absolute Gasteiger partial charge is 0.496 e. The summed E-state index contributed by atoms with van der Waals surface area (Å²) in [4.78, 5) is 13.0. The van der Waals surface area contributed by atoms with Gasteiger partial charge in [-0.2, -0.15) is 0 Å². The molecule has 4 nitrogen and oxygen atoms in total. The number of ether oxygens (including phenoxy) is 1. The number of aliphatic hydroxyl groups excluding tert-OH is 1. The lowest BCUT2D eigenvalue weighted by molar-refractivity contribution is -0.130. The fourth-order valence-electron chi connectivity index (χ4n) is 1.64. The van der Waals surface area contributed by atoms with Crippen molar-refractivity contribution in [3.05, 3.63) is 29.6 Å². The Balaban J connectivity index is 2.62. The second-order valence-electron chi connectivity index (χ2n) is 4.00. The molecule has 0 aromatic heterocycles. The van der Waals surface area contributed by atoms with Gasteiger partial charge in [-0.15, -0.1) is 0 Å². The van der Waals surface area contributed by atoms with Crippen molar-refractivity contribution in [3.63, 3.8) is 0 Å². The summed E-state index contributed by atoms with van der Waals surface area (Å²) in [7, 11) is 3.18. The number of benzene rings is 1. The third kappa shape index (κ3) is 4.00. The molecule has 0 aliphatic heterocycles. The lowest BCUT2D eigenvalue weighted by atomic mass is 10.1. The van der Waals surface area contributed by atoms with Crippen LogP contribution in [0.3, 0.4) is 0 Å². The summed E-state index contributed by atoms with van der Waals surface area (Å²) < 4.78 is 18.2. The molecule has 0 bridgehead atoms. The number of amides is 1. The number of hydrogen-bond acceptors (Lipinski definition) is 3. The molecule has 1 amide bonds. The highest BCUT2D eigenvalue weighted by Gasteiger charge is 2.10. The number of aliphatic hydroxyl groups is 1. The van der Waals surface area contributed by atoms with Gasteiger partial charge in [-0.25, -0.2) is 4.39 Å². The molecule has 1 rings (SSSR count). The van der Waals surface area contributed by atoms with Gasteiger partial charge in [-0.05, 0) is 30.2 Å². The second-order valence-corrected chi connectivity index (χ2v) is 4.00. The molecule has 0 saturated carbocycles. The van der Waals surface area contributed by atoms with Gasteiger partial charge in [0, 0.05) is 20.0 Å². The first-order valence-electron chi connectivity index (χ1n) is 5.75. The molecule has 18 heavy (non-hydrogen) atoms. The van der Waals surface area contributed by atoms with Crippen LogP contribution in [-0.4, -0.2) is 43.2 Å². The maximum Gasteiger partial charge on any atom is 0.224 e. The summed E-state index contributed by atoms with van der Waals surface area (Å²) in [6, 6.07) is 4.31. The lowest BCUT2D eigenvalue weighted by Gasteiger charge is -2.17. The number of hydrogen-bond donors (Lipinski definition) is 1. The number of carbonyl (C=O) groups is 1. The van der Waals surface area contributed by atoms with E-state index in [4.69, 9.17) is 9.84 Å². The van der Waals surface area contributed by atoms with E-state index in [1.807, 2.05) is 0 Å². The third-order valence-corrected chi connectivity index (χ3v) is 2.71. The van der Waals surface area contributed by atoms with Gasteiger partial charge in [-0.3, -0.25) is 4.79 Å². The summed E-state index contributed by atoms with van der Waals surface area (Å²) in [5.41, 5.74) is 0.723. The molecule has 0 radical (unpaired) electrons. The van der Waals surface area contributed by atoms with Crippen LogP contribution in [0.2, 0.25) is 0 Å². The van der Waals surface area contributed by atoms with Crippen molar-refractivity contribution in [1.29, 1.82) is 0 Å². The number of halogens is 1. The molecular formula is C13H18FNO3. The van der Waals surface area contributed by atoms with E-state index >= 15 is 0 Å². The number of rotatable bonds is 6. The number of likely N-dealkylation sites (N-methyl/N-ethyl adjacent to an activating group) is 1. The summed E-state index contributed by atoms with van der Waals surface area (Å²) in [5.74, 6) is 0.155. The van der Waals surface area contributed by atoms with Gasteiger partial charge < -0.3 is 14.7 Å². The molecule has 0 fully saturated rings. The van der Waals surface area contributed by atoms with Crippen molar-refractivity contribution in [2.24, 2.45) is 0 Å². The number of carbonyl (C=O) groups excluding carboxylic acids is 1. The van der Waals surface area contributed by atoms with E-state index in [9.17, 15) is 9.18 Å². The van der Waals surface area contributed by atoms with Crippen molar-refractivity contribution in [2.45, 2.75) is 12.8 Å². The van der Waals surface area contributed by atoms with E-state index < -0.39 is 0 Å². The zero-order chi connectivity index (χ0) is 13.5. The summed E-state index contributed by atoms with van der Waals surface area (Å²) in [5, 5.41) is 8.67. The van der Waals surface area contributed by atoms with Crippen LogP contribution in [0.1, 0.15) is 12.0 Å². The molecule has 0 saturated heterocycles. The van der Waals surface area contributed by atoms with E-state index in [-0.39, 0.29) is 24.8 Å². The smallest absolute Gasteiger partial charge is 0.224 e. The monoisotopic (exact) mass is 255 g/mol. The zero-order valence-electron chi connectivity index (χ0n) is 10.6. The molecule has 1 aromatic rings. The fraction of sp³-hybridized carbons (Fsp3) is 0.462. The van der Waals surface area contributed by atoms with Crippen LogP contribution in [0.5, 0.6) is 5.75 Å². The minimum Gasteiger partial charge on any atom is -0.496 e. The van der Waals surface area contributed by atoms with Crippen molar-refractivity contribution in [1.82, 2.24) is 4.90 Å². The Labute approximate surface area is 106 Å². The Morgan fingerprint density at radius 3 is 2.83 bits per heavy atom. The van der Waals surface area contributed by atoms with Crippen molar-refractivity contribution in [3.8, 4) is 5.75 Å². The molecule has 0 aliphatic rings. The first kappa shape index (κ1) is 14.4. The van der Waals surface area contributed by atoms with Crippen LogP contribution < -0.4 is 4.74 Å². The van der Waals surface area contributed by atoms with Crippen LogP contribution in [-0.2, 0) is 11.2 Å². The van der Waals surface area contributed by atoms with E-state index in [1.165, 1.54) is 24.1 Å². The SMILES string of the molecule is COc1ccc(F)cc1CCN(C)C(=O)CCO.